The first kappa shape index (κ1) is 12.5. The molecule has 0 aromatic heterocycles. The highest BCUT2D eigenvalue weighted by atomic mass is 16.3. The summed E-state index contributed by atoms with van der Waals surface area (Å²) in [4.78, 5) is 2.06. The monoisotopic (exact) mass is 218 g/mol. The molecule has 3 heteroatoms. The van der Waals surface area contributed by atoms with E-state index >= 15 is 0 Å². The van der Waals surface area contributed by atoms with Crippen LogP contribution in [0, 0.1) is 11.3 Å². The molecule has 0 saturated heterocycles. The van der Waals surface area contributed by atoms with Gasteiger partial charge in [0.1, 0.15) is 0 Å². The number of benzene rings is 1. The lowest BCUT2D eigenvalue weighted by Gasteiger charge is -2.27. The molecule has 0 unspecified atom stereocenters. The van der Waals surface area contributed by atoms with Crippen LogP contribution >= 0.6 is 0 Å². The largest absolute Gasteiger partial charge is 0.389 e. The van der Waals surface area contributed by atoms with E-state index in [4.69, 9.17) is 5.26 Å². The molecule has 0 saturated carbocycles. The van der Waals surface area contributed by atoms with Crippen molar-refractivity contribution in [3.05, 3.63) is 29.3 Å². The molecule has 0 spiro atoms. The van der Waals surface area contributed by atoms with Crippen LogP contribution in [0.3, 0.4) is 0 Å². The fourth-order valence-corrected chi connectivity index (χ4v) is 1.55. The normalized spacial score (nSPS) is 12.3. The average molecular weight is 218 g/mol. The number of anilines is 1. The van der Waals surface area contributed by atoms with Gasteiger partial charge in [0.2, 0.25) is 0 Å². The maximum Gasteiger partial charge on any atom is 0.0992 e. The van der Waals surface area contributed by atoms with Crippen LogP contribution in [0.2, 0.25) is 0 Å². The van der Waals surface area contributed by atoms with E-state index in [9.17, 15) is 5.11 Å². The lowest BCUT2D eigenvalue weighted by Crippen LogP contribution is -2.27. The summed E-state index contributed by atoms with van der Waals surface area (Å²) in [6, 6.07) is 7.82. The van der Waals surface area contributed by atoms with Gasteiger partial charge in [-0.15, -0.1) is 0 Å². The minimum absolute atomic E-state index is 0.325. The summed E-state index contributed by atoms with van der Waals surface area (Å²) >= 11 is 0. The van der Waals surface area contributed by atoms with Crippen LogP contribution in [0.5, 0.6) is 0 Å². The van der Waals surface area contributed by atoms with E-state index < -0.39 is 6.10 Å². The lowest BCUT2D eigenvalue weighted by molar-refractivity contribution is 0.199. The highest BCUT2D eigenvalue weighted by Gasteiger charge is 2.14. The maximum absolute atomic E-state index is 9.69. The molecule has 16 heavy (non-hydrogen) atoms. The minimum Gasteiger partial charge on any atom is -0.389 e. The summed E-state index contributed by atoms with van der Waals surface area (Å²) in [6.07, 6.45) is -0.524. The van der Waals surface area contributed by atoms with Crippen LogP contribution in [0.1, 0.15) is 38.0 Å². The van der Waals surface area contributed by atoms with Crippen molar-refractivity contribution in [3.63, 3.8) is 0 Å². The van der Waals surface area contributed by atoms with Gasteiger partial charge >= 0.3 is 0 Å². The van der Waals surface area contributed by atoms with Crippen molar-refractivity contribution in [2.75, 3.05) is 11.9 Å². The predicted octanol–water partition coefficient (Wildman–Crippen LogP) is 2.46. The number of rotatable bonds is 3. The molecule has 0 heterocycles. The molecule has 1 atom stereocenters. The van der Waals surface area contributed by atoms with Gasteiger partial charge in [-0.05, 0) is 32.9 Å². The van der Waals surface area contributed by atoms with Gasteiger partial charge in [-0.2, -0.15) is 5.26 Å². The Morgan fingerprint density at radius 1 is 1.31 bits per heavy atom. The molecule has 0 aliphatic rings. The van der Waals surface area contributed by atoms with Crippen LogP contribution in [-0.2, 0) is 0 Å². The molecule has 1 aromatic rings. The Kier molecular flexibility index (Phi) is 3.92. The summed E-state index contributed by atoms with van der Waals surface area (Å²) in [5, 5.41) is 18.6. The first-order chi connectivity index (χ1) is 7.47. The molecule has 3 nitrogen and oxygen atoms in total. The average Bonchev–Trinajstić information content (AvgIpc) is 2.26. The summed E-state index contributed by atoms with van der Waals surface area (Å²) in [6.45, 7) is 5.88. The van der Waals surface area contributed by atoms with Crippen molar-refractivity contribution in [1.29, 1.82) is 5.26 Å². The Hall–Kier alpha value is -1.53. The molecule has 0 bridgehead atoms. The van der Waals surface area contributed by atoms with Gasteiger partial charge in [0.05, 0.1) is 17.7 Å². The minimum atomic E-state index is -0.524. The quantitative estimate of drug-likeness (QED) is 0.847. The number of nitrogens with zero attached hydrogens (tertiary/aromatic N) is 2. The van der Waals surface area contributed by atoms with Gasteiger partial charge in [-0.3, -0.25) is 0 Å². The third-order valence-corrected chi connectivity index (χ3v) is 2.76. The molecule has 0 fully saturated rings. The maximum atomic E-state index is 9.69. The van der Waals surface area contributed by atoms with Gasteiger partial charge in [0, 0.05) is 24.3 Å². The highest BCUT2D eigenvalue weighted by molar-refractivity contribution is 5.58. The van der Waals surface area contributed by atoms with Gasteiger partial charge in [-0.25, -0.2) is 0 Å². The summed E-state index contributed by atoms with van der Waals surface area (Å²) in [5.74, 6) is 0. The second-order valence-corrected chi connectivity index (χ2v) is 4.27. The van der Waals surface area contributed by atoms with Crippen LogP contribution < -0.4 is 4.90 Å². The number of aliphatic hydroxyl groups excluding tert-OH is 1. The summed E-state index contributed by atoms with van der Waals surface area (Å²) in [5.41, 5.74) is 2.39. The Balaban J connectivity index is 3.26. The van der Waals surface area contributed by atoms with Gasteiger partial charge in [0.25, 0.3) is 0 Å². The number of hydrogen-bond acceptors (Lipinski definition) is 3. The van der Waals surface area contributed by atoms with E-state index in [0.29, 0.717) is 11.6 Å². The SMILES string of the molecule is CC(C)N(C)c1cc(C#N)ccc1[C@H](C)O. The standard InChI is InChI=1S/C13H18N2O/c1-9(2)15(4)13-7-11(8-14)5-6-12(13)10(3)16/h5-7,9-10,16H,1-4H3/t10-/m0/s1. The molecule has 0 amide bonds. The zero-order valence-electron chi connectivity index (χ0n) is 10.2. The van der Waals surface area contributed by atoms with Gasteiger partial charge in [-0.1, -0.05) is 6.07 Å². The highest BCUT2D eigenvalue weighted by Crippen LogP contribution is 2.27. The van der Waals surface area contributed by atoms with E-state index in [-0.39, 0.29) is 0 Å². The van der Waals surface area contributed by atoms with Crippen molar-refractivity contribution >= 4 is 5.69 Å². The molecule has 0 aliphatic heterocycles. The molecular formula is C13H18N2O. The Morgan fingerprint density at radius 2 is 1.94 bits per heavy atom. The first-order valence-electron chi connectivity index (χ1n) is 5.42. The molecule has 1 aromatic carbocycles. The Bertz CT molecular complexity index is 405. The number of aliphatic hydroxyl groups is 1. The van der Waals surface area contributed by atoms with Crippen LogP contribution in [0.4, 0.5) is 5.69 Å². The molecule has 86 valence electrons. The Morgan fingerprint density at radius 3 is 2.38 bits per heavy atom. The van der Waals surface area contributed by atoms with Crippen LogP contribution in [-0.4, -0.2) is 18.2 Å². The smallest absolute Gasteiger partial charge is 0.0992 e. The summed E-state index contributed by atoms with van der Waals surface area (Å²) in [7, 11) is 1.97. The van der Waals surface area contributed by atoms with Gasteiger partial charge in [0.15, 0.2) is 0 Å². The molecular weight excluding hydrogens is 200 g/mol. The second-order valence-electron chi connectivity index (χ2n) is 4.27. The van der Waals surface area contributed by atoms with Crippen LogP contribution in [0.25, 0.3) is 0 Å². The zero-order chi connectivity index (χ0) is 12.3. The predicted molar refractivity (Wildman–Crippen MR) is 65.3 cm³/mol. The van der Waals surface area contributed by atoms with Crippen molar-refractivity contribution < 1.29 is 5.11 Å². The van der Waals surface area contributed by atoms with Crippen LogP contribution in [0.15, 0.2) is 18.2 Å². The van der Waals surface area contributed by atoms with E-state index in [0.717, 1.165) is 11.3 Å². The molecule has 0 aliphatic carbocycles. The van der Waals surface area contributed by atoms with Crippen molar-refractivity contribution in [2.24, 2.45) is 0 Å². The molecule has 1 rings (SSSR count). The number of nitriles is 1. The Labute approximate surface area is 96.9 Å². The zero-order valence-corrected chi connectivity index (χ0v) is 10.2. The fraction of sp³-hybridized carbons (Fsp3) is 0.462. The first-order valence-corrected chi connectivity index (χ1v) is 5.42. The summed E-state index contributed by atoms with van der Waals surface area (Å²) < 4.78 is 0. The van der Waals surface area contributed by atoms with Crippen molar-refractivity contribution in [1.82, 2.24) is 0 Å². The third kappa shape index (κ3) is 2.53. The van der Waals surface area contributed by atoms with Crippen molar-refractivity contribution in [2.45, 2.75) is 32.9 Å². The van der Waals surface area contributed by atoms with Gasteiger partial charge < -0.3 is 10.0 Å². The molecule has 1 N–H and O–H groups in total. The van der Waals surface area contributed by atoms with Crippen molar-refractivity contribution in [3.8, 4) is 6.07 Å². The lowest BCUT2D eigenvalue weighted by atomic mass is 10.0. The van der Waals surface area contributed by atoms with E-state index in [2.05, 4.69) is 24.8 Å². The third-order valence-electron chi connectivity index (χ3n) is 2.76. The fourth-order valence-electron chi connectivity index (χ4n) is 1.55. The molecule has 0 radical (unpaired) electrons. The topological polar surface area (TPSA) is 47.3 Å². The number of hydrogen-bond donors (Lipinski definition) is 1. The van der Waals surface area contributed by atoms with E-state index in [1.54, 1.807) is 13.0 Å². The van der Waals surface area contributed by atoms with E-state index in [1.807, 2.05) is 19.2 Å². The second kappa shape index (κ2) is 5.00. The van der Waals surface area contributed by atoms with E-state index in [1.165, 1.54) is 0 Å².